The van der Waals surface area contributed by atoms with Crippen LogP contribution in [0.5, 0.6) is 0 Å². The van der Waals surface area contributed by atoms with Crippen LogP contribution in [0.25, 0.3) is 17.4 Å². The van der Waals surface area contributed by atoms with Gasteiger partial charge < -0.3 is 9.52 Å². The number of benzene rings is 1. The highest BCUT2D eigenvalue weighted by atomic mass is 35.5. The van der Waals surface area contributed by atoms with Crippen molar-refractivity contribution in [3.63, 3.8) is 0 Å². The van der Waals surface area contributed by atoms with Crippen LogP contribution >= 0.6 is 47.2 Å². The lowest BCUT2D eigenvalue weighted by molar-refractivity contribution is -0.137. The van der Waals surface area contributed by atoms with Crippen LogP contribution in [0.4, 0.5) is 0 Å². The molecule has 2 rings (SSSR count). The summed E-state index contributed by atoms with van der Waals surface area (Å²) in [5.74, 6) is 0.159. The summed E-state index contributed by atoms with van der Waals surface area (Å²) < 4.78 is 6.05. The molecule has 0 atom stereocenters. The van der Waals surface area contributed by atoms with Gasteiger partial charge in [0.2, 0.25) is 6.41 Å². The van der Waals surface area contributed by atoms with Crippen LogP contribution in [0.1, 0.15) is 19.1 Å². The van der Waals surface area contributed by atoms with E-state index in [-0.39, 0.29) is 17.3 Å². The molecule has 27 heavy (non-hydrogen) atoms. The van der Waals surface area contributed by atoms with Crippen LogP contribution in [-0.4, -0.2) is 33.3 Å². The molecule has 0 radical (unpaired) electrons. The summed E-state index contributed by atoms with van der Waals surface area (Å²) in [6.07, 6.45) is 2.11. The van der Waals surface area contributed by atoms with Gasteiger partial charge in [0.25, 0.3) is 0 Å². The number of amides is 1. The highest BCUT2D eigenvalue weighted by molar-refractivity contribution is 8.25. The summed E-state index contributed by atoms with van der Waals surface area (Å²) >= 11 is 18.6. The summed E-state index contributed by atoms with van der Waals surface area (Å²) in [4.78, 5) is 23.7. The van der Waals surface area contributed by atoms with Gasteiger partial charge in [-0.15, -0.1) is 0 Å². The van der Waals surface area contributed by atoms with Crippen molar-refractivity contribution >= 4 is 70.0 Å². The van der Waals surface area contributed by atoms with E-state index in [0.29, 0.717) is 33.5 Å². The fourth-order valence-corrected chi connectivity index (χ4v) is 3.70. The Balaban J connectivity index is 2.09. The number of nitrogens with zero attached hydrogens (tertiary/aromatic N) is 1. The van der Waals surface area contributed by atoms with E-state index in [9.17, 15) is 9.59 Å². The number of hydrogen-bond donors (Lipinski definition) is 1. The number of hydrogen-bond acceptors (Lipinski definition) is 5. The molecule has 1 aromatic heterocycles. The highest BCUT2D eigenvalue weighted by Crippen LogP contribution is 2.33. The minimum absolute atomic E-state index is 0.0239. The van der Waals surface area contributed by atoms with E-state index in [0.717, 1.165) is 4.91 Å². The normalized spacial score (nSPS) is 11.3. The number of rotatable bonds is 7. The maximum Gasteiger partial charge on any atom is 0.305 e. The molecule has 142 valence electrons. The first kappa shape index (κ1) is 21.5. The monoisotopic (exact) mass is 443 g/mol. The molecule has 0 saturated heterocycles. The Hall–Kier alpha value is -1.80. The molecule has 0 unspecified atom stereocenters. The van der Waals surface area contributed by atoms with Gasteiger partial charge in [0.05, 0.1) is 11.4 Å². The molecule has 0 aliphatic heterocycles. The topological polar surface area (TPSA) is 70.8 Å². The molecular weight excluding hydrogens is 429 g/mol. The van der Waals surface area contributed by atoms with Gasteiger partial charge in [-0.3, -0.25) is 14.5 Å². The molecule has 0 aliphatic carbocycles. The van der Waals surface area contributed by atoms with Crippen molar-refractivity contribution in [1.82, 2.24) is 4.90 Å². The number of thioether (sulfide) groups is 1. The third kappa shape index (κ3) is 6.39. The second kappa shape index (κ2) is 9.94. The number of carboxylic acids is 1. The van der Waals surface area contributed by atoms with Crippen LogP contribution in [0.15, 0.2) is 39.7 Å². The molecule has 1 N–H and O–H groups in total. The molecule has 0 fully saturated rings. The zero-order chi connectivity index (χ0) is 20.0. The summed E-state index contributed by atoms with van der Waals surface area (Å²) in [6.45, 7) is 1.84. The maximum absolute atomic E-state index is 11.1. The van der Waals surface area contributed by atoms with Gasteiger partial charge in [-0.25, -0.2) is 0 Å². The highest BCUT2D eigenvalue weighted by Gasteiger charge is 2.13. The molecule has 2 aromatic rings. The van der Waals surface area contributed by atoms with Crippen LogP contribution in [0.3, 0.4) is 0 Å². The lowest BCUT2D eigenvalue weighted by Gasteiger charge is -2.16. The summed E-state index contributed by atoms with van der Waals surface area (Å²) in [7, 11) is 0. The van der Waals surface area contributed by atoms with E-state index in [1.165, 1.54) is 16.7 Å². The third-order valence-corrected chi connectivity index (χ3v) is 5.24. The van der Waals surface area contributed by atoms with Crippen LogP contribution in [0, 0.1) is 0 Å². The number of thiocarbonyl (C=S) groups is 1. The van der Waals surface area contributed by atoms with Gasteiger partial charge in [-0.05, 0) is 48.2 Å². The minimum Gasteiger partial charge on any atom is -0.481 e. The van der Waals surface area contributed by atoms with E-state index in [4.69, 9.17) is 44.9 Å². The number of halogens is 2. The van der Waals surface area contributed by atoms with Crippen molar-refractivity contribution < 1.29 is 19.1 Å². The van der Waals surface area contributed by atoms with Crippen LogP contribution < -0.4 is 0 Å². The zero-order valence-corrected chi connectivity index (χ0v) is 17.3. The smallest absolute Gasteiger partial charge is 0.305 e. The SMILES string of the molecule is C/C(=C/c1ccc(-c2cc(Cl)ccc2Cl)o1)SC(=S)N(C=O)CCC(=O)O. The molecular formula is C18H15Cl2NO4S2. The first-order valence-electron chi connectivity index (χ1n) is 7.69. The predicted octanol–water partition coefficient (Wildman–Crippen LogP) is 5.57. The molecule has 1 aromatic carbocycles. The van der Waals surface area contributed by atoms with Crippen LogP contribution in [-0.2, 0) is 9.59 Å². The number of carbonyl (C=O) groups is 2. The molecule has 9 heteroatoms. The van der Waals surface area contributed by atoms with Gasteiger partial charge in [0, 0.05) is 17.1 Å². The van der Waals surface area contributed by atoms with Gasteiger partial charge in [-0.1, -0.05) is 47.2 Å². The molecule has 0 saturated carbocycles. The van der Waals surface area contributed by atoms with Crippen molar-refractivity contribution in [1.29, 1.82) is 0 Å². The average Bonchev–Trinajstić information content (AvgIpc) is 3.05. The number of carboxylic acid groups (broad SMARTS) is 1. The molecule has 0 aliphatic rings. The minimum atomic E-state index is -0.996. The lowest BCUT2D eigenvalue weighted by Crippen LogP contribution is -2.28. The first-order valence-corrected chi connectivity index (χ1v) is 9.67. The number of aliphatic carboxylic acids is 1. The first-order chi connectivity index (χ1) is 12.8. The Morgan fingerprint density at radius 3 is 2.74 bits per heavy atom. The number of furan rings is 1. The Morgan fingerprint density at radius 1 is 1.33 bits per heavy atom. The van der Waals surface area contributed by atoms with Crippen molar-refractivity contribution in [3.8, 4) is 11.3 Å². The molecule has 0 spiro atoms. The Morgan fingerprint density at radius 2 is 2.07 bits per heavy atom. The molecule has 1 heterocycles. The average molecular weight is 444 g/mol. The van der Waals surface area contributed by atoms with E-state index >= 15 is 0 Å². The second-order valence-electron chi connectivity index (χ2n) is 5.39. The van der Waals surface area contributed by atoms with E-state index in [2.05, 4.69) is 0 Å². The van der Waals surface area contributed by atoms with Gasteiger partial charge in [-0.2, -0.15) is 0 Å². The van der Waals surface area contributed by atoms with Crippen molar-refractivity contribution in [2.24, 2.45) is 0 Å². The molecule has 1 amide bonds. The Kier molecular flexibility index (Phi) is 7.91. The maximum atomic E-state index is 11.1. The lowest BCUT2D eigenvalue weighted by atomic mass is 10.2. The van der Waals surface area contributed by atoms with Crippen molar-refractivity contribution in [2.75, 3.05) is 6.54 Å². The summed E-state index contributed by atoms with van der Waals surface area (Å²) in [5.41, 5.74) is 0.686. The van der Waals surface area contributed by atoms with Gasteiger partial charge in [0.1, 0.15) is 15.8 Å². The molecule has 0 bridgehead atoms. The Labute approximate surface area is 175 Å². The summed E-state index contributed by atoms with van der Waals surface area (Å²) in [5, 5.41) is 9.79. The van der Waals surface area contributed by atoms with Crippen LogP contribution in [0.2, 0.25) is 10.0 Å². The zero-order valence-electron chi connectivity index (χ0n) is 14.1. The number of allylic oxidation sites excluding steroid dienone is 1. The van der Waals surface area contributed by atoms with Crippen molar-refractivity contribution in [3.05, 3.63) is 51.0 Å². The van der Waals surface area contributed by atoms with Gasteiger partial charge in [0.15, 0.2) is 0 Å². The van der Waals surface area contributed by atoms with E-state index in [1.807, 2.05) is 6.92 Å². The fraction of sp³-hybridized carbons (Fsp3) is 0.167. The van der Waals surface area contributed by atoms with E-state index in [1.54, 1.807) is 36.4 Å². The predicted molar refractivity (Wildman–Crippen MR) is 113 cm³/mol. The third-order valence-electron chi connectivity index (χ3n) is 3.34. The number of carbonyl (C=O) groups excluding carboxylic acids is 1. The van der Waals surface area contributed by atoms with E-state index < -0.39 is 5.97 Å². The van der Waals surface area contributed by atoms with Gasteiger partial charge >= 0.3 is 5.97 Å². The second-order valence-corrected chi connectivity index (χ2v) is 8.12. The fourth-order valence-electron chi connectivity index (χ4n) is 2.09. The molecule has 5 nitrogen and oxygen atoms in total. The summed E-state index contributed by atoms with van der Waals surface area (Å²) in [6, 6.07) is 8.67. The standard InChI is InChI=1S/C18H15Cl2NO4S2/c1-11(27-18(26)21(10-22)7-6-17(23)24)8-13-3-5-16(25-13)14-9-12(19)2-4-15(14)20/h2-5,8-10H,6-7H2,1H3,(H,23,24)/b11-8-. The Bertz CT molecular complexity index is 895. The largest absolute Gasteiger partial charge is 0.481 e. The quantitative estimate of drug-likeness (QED) is 0.445. The van der Waals surface area contributed by atoms with Crippen molar-refractivity contribution in [2.45, 2.75) is 13.3 Å².